The highest BCUT2D eigenvalue weighted by Gasteiger charge is 2.37. The molecule has 12 heteroatoms. The molecular weight excluding hydrogens is 521 g/mol. The Bertz CT molecular complexity index is 1810. The van der Waals surface area contributed by atoms with Crippen LogP contribution in [0.3, 0.4) is 0 Å². The Morgan fingerprint density at radius 2 is 1.79 bits per heavy atom. The molecule has 1 N–H and O–H groups in total. The maximum absolute atomic E-state index is 15.0. The molecule has 1 fully saturated rings. The summed E-state index contributed by atoms with van der Waals surface area (Å²) in [5.41, 5.74) is 2.23. The lowest BCUT2D eigenvalue weighted by atomic mass is 9.79. The van der Waals surface area contributed by atoms with E-state index in [2.05, 4.69) is 30.5 Å². The largest absolute Gasteiger partial charge is 0.349 e. The van der Waals surface area contributed by atoms with Crippen LogP contribution < -0.4 is 5.32 Å². The van der Waals surface area contributed by atoms with E-state index in [0.717, 1.165) is 6.26 Å². The van der Waals surface area contributed by atoms with Crippen LogP contribution in [-0.2, 0) is 9.84 Å². The fraction of sp³-hybridized carbons (Fsp3) is 0.185. The summed E-state index contributed by atoms with van der Waals surface area (Å²) in [6, 6.07) is 14.3. The molecule has 1 aromatic carbocycles. The third-order valence-electron chi connectivity index (χ3n) is 6.75. The highest BCUT2D eigenvalue weighted by molar-refractivity contribution is 7.90. The van der Waals surface area contributed by atoms with Gasteiger partial charge in [-0.1, -0.05) is 12.1 Å². The van der Waals surface area contributed by atoms with Gasteiger partial charge in [-0.05, 0) is 55.3 Å². The molecule has 39 heavy (non-hydrogen) atoms. The Morgan fingerprint density at radius 3 is 2.54 bits per heavy atom. The number of nitrogens with one attached hydrogen (secondary N) is 1. The summed E-state index contributed by atoms with van der Waals surface area (Å²) in [6.07, 6.45) is 6.71. The van der Waals surface area contributed by atoms with Crippen LogP contribution in [0.25, 0.3) is 28.2 Å². The summed E-state index contributed by atoms with van der Waals surface area (Å²) in [6.45, 7) is 0. The van der Waals surface area contributed by atoms with Gasteiger partial charge in [-0.25, -0.2) is 12.8 Å². The monoisotopic (exact) mass is 543 g/mol. The number of sulfone groups is 1. The van der Waals surface area contributed by atoms with E-state index in [4.69, 9.17) is 0 Å². The number of benzene rings is 1. The van der Waals surface area contributed by atoms with E-state index < -0.39 is 15.7 Å². The first-order valence-electron chi connectivity index (χ1n) is 12.2. The van der Waals surface area contributed by atoms with Crippen LogP contribution in [-0.4, -0.2) is 56.3 Å². The smallest absolute Gasteiger partial charge is 0.253 e. The summed E-state index contributed by atoms with van der Waals surface area (Å²) in [5.74, 6) is 0.0196. The number of carbonyl (C=O) groups is 1. The van der Waals surface area contributed by atoms with Gasteiger partial charge in [0.2, 0.25) is 0 Å². The summed E-state index contributed by atoms with van der Waals surface area (Å²) in [7, 11) is -3.43. The van der Waals surface area contributed by atoms with Crippen molar-refractivity contribution in [3.05, 3.63) is 90.4 Å². The standard InChI is InChI=1S/C27H22FN7O3S/c1-39(37,38)18-8-9-22(31-15-18)26-34-33-25(35(26)23-7-3-2-5-20(23)28)16-13-17(14-16)32-27(36)19-10-12-29-21-6-4-11-30-24(19)21/h2-12,15-17H,13-14H2,1H3,(H,32,36)/t16-,17-. The number of carbonyl (C=O) groups excluding carboxylic acids is 1. The predicted molar refractivity (Wildman–Crippen MR) is 140 cm³/mol. The van der Waals surface area contributed by atoms with Crippen molar-refractivity contribution >= 4 is 26.8 Å². The lowest BCUT2D eigenvalue weighted by molar-refractivity contribution is 0.0908. The maximum Gasteiger partial charge on any atom is 0.253 e. The molecule has 0 unspecified atom stereocenters. The SMILES string of the molecule is CS(=O)(=O)c1ccc(-c2nnc([C@H]3C[C@H](NC(=O)c4ccnc5cccnc45)C3)n2-c2ccccc2F)nc1. The molecule has 0 saturated heterocycles. The molecule has 1 saturated carbocycles. The van der Waals surface area contributed by atoms with Crippen molar-refractivity contribution in [2.24, 2.45) is 0 Å². The molecule has 5 aromatic rings. The zero-order valence-electron chi connectivity index (χ0n) is 20.7. The minimum absolute atomic E-state index is 0.0678. The Morgan fingerprint density at radius 1 is 0.974 bits per heavy atom. The zero-order valence-corrected chi connectivity index (χ0v) is 21.5. The lowest BCUT2D eigenvalue weighted by Gasteiger charge is -2.35. The van der Waals surface area contributed by atoms with Crippen LogP contribution in [0.4, 0.5) is 4.39 Å². The van der Waals surface area contributed by atoms with Crippen molar-refractivity contribution in [3.8, 4) is 17.2 Å². The summed E-state index contributed by atoms with van der Waals surface area (Å²) < 4.78 is 40.3. The second-order valence-electron chi connectivity index (χ2n) is 9.39. The third kappa shape index (κ3) is 4.63. The van der Waals surface area contributed by atoms with E-state index >= 15 is 0 Å². The van der Waals surface area contributed by atoms with E-state index in [1.54, 1.807) is 53.4 Å². The molecule has 0 radical (unpaired) electrons. The molecule has 10 nitrogen and oxygen atoms in total. The van der Waals surface area contributed by atoms with E-state index in [1.165, 1.54) is 24.4 Å². The number of hydrogen-bond acceptors (Lipinski definition) is 8. The highest BCUT2D eigenvalue weighted by Crippen LogP contribution is 2.39. The summed E-state index contributed by atoms with van der Waals surface area (Å²) in [5, 5.41) is 11.7. The van der Waals surface area contributed by atoms with Crippen LogP contribution >= 0.6 is 0 Å². The summed E-state index contributed by atoms with van der Waals surface area (Å²) in [4.78, 5) is 25.9. The number of para-hydroxylation sites is 1. The van der Waals surface area contributed by atoms with Crippen molar-refractivity contribution in [1.29, 1.82) is 0 Å². The number of fused-ring (bicyclic) bond motifs is 1. The van der Waals surface area contributed by atoms with Crippen molar-refractivity contribution in [1.82, 2.24) is 35.0 Å². The lowest BCUT2D eigenvalue weighted by Crippen LogP contribution is -2.44. The topological polar surface area (TPSA) is 133 Å². The molecule has 0 aliphatic heterocycles. The Kier molecular flexibility index (Phi) is 6.10. The first-order chi connectivity index (χ1) is 18.8. The van der Waals surface area contributed by atoms with E-state index in [0.29, 0.717) is 41.0 Å². The van der Waals surface area contributed by atoms with Gasteiger partial charge in [0.25, 0.3) is 5.91 Å². The third-order valence-corrected chi connectivity index (χ3v) is 7.85. The predicted octanol–water partition coefficient (Wildman–Crippen LogP) is 3.49. The second-order valence-corrected chi connectivity index (χ2v) is 11.4. The van der Waals surface area contributed by atoms with E-state index in [9.17, 15) is 17.6 Å². The first kappa shape index (κ1) is 24.7. The molecule has 0 atom stereocenters. The van der Waals surface area contributed by atoms with E-state index in [1.807, 2.05) is 0 Å². The van der Waals surface area contributed by atoms with Gasteiger partial charge in [-0.3, -0.25) is 24.3 Å². The summed E-state index contributed by atoms with van der Waals surface area (Å²) >= 11 is 0. The van der Waals surface area contributed by atoms with Gasteiger partial charge in [0.05, 0.1) is 21.7 Å². The van der Waals surface area contributed by atoms with Gasteiger partial charge in [0.1, 0.15) is 22.9 Å². The molecular formula is C27H22FN7O3S. The van der Waals surface area contributed by atoms with Gasteiger partial charge in [-0.2, -0.15) is 0 Å². The van der Waals surface area contributed by atoms with Crippen molar-refractivity contribution in [2.75, 3.05) is 6.26 Å². The van der Waals surface area contributed by atoms with Gasteiger partial charge in [0.15, 0.2) is 15.7 Å². The van der Waals surface area contributed by atoms with Crippen molar-refractivity contribution in [2.45, 2.75) is 29.7 Å². The Labute approximate surface area is 222 Å². The minimum Gasteiger partial charge on any atom is -0.349 e. The molecule has 1 aliphatic carbocycles. The zero-order chi connectivity index (χ0) is 27.1. The molecule has 4 heterocycles. The molecule has 0 bridgehead atoms. The number of nitrogens with zero attached hydrogens (tertiary/aromatic N) is 6. The average Bonchev–Trinajstić information content (AvgIpc) is 3.34. The fourth-order valence-electron chi connectivity index (χ4n) is 4.70. The minimum atomic E-state index is -3.43. The van der Waals surface area contributed by atoms with Crippen LogP contribution in [0.2, 0.25) is 0 Å². The van der Waals surface area contributed by atoms with Crippen molar-refractivity contribution in [3.63, 3.8) is 0 Å². The number of hydrogen-bond donors (Lipinski definition) is 1. The fourth-order valence-corrected chi connectivity index (χ4v) is 5.26. The first-order valence-corrected chi connectivity index (χ1v) is 14.1. The molecule has 4 aromatic heterocycles. The van der Waals surface area contributed by atoms with Crippen molar-refractivity contribution < 1.29 is 17.6 Å². The van der Waals surface area contributed by atoms with Crippen LogP contribution in [0.15, 0.2) is 78.1 Å². The van der Waals surface area contributed by atoms with E-state index in [-0.39, 0.29) is 34.3 Å². The Balaban J connectivity index is 1.27. The molecule has 0 spiro atoms. The number of amides is 1. The van der Waals surface area contributed by atoms with Gasteiger partial charge in [-0.15, -0.1) is 10.2 Å². The second kappa shape index (κ2) is 9.62. The van der Waals surface area contributed by atoms with Gasteiger partial charge in [0, 0.05) is 36.8 Å². The number of rotatable bonds is 6. The molecule has 1 aliphatic rings. The van der Waals surface area contributed by atoms with Crippen LogP contribution in [0, 0.1) is 5.82 Å². The average molecular weight is 544 g/mol. The maximum atomic E-state index is 15.0. The Hall–Kier alpha value is -4.58. The number of aromatic nitrogens is 6. The molecule has 1 amide bonds. The number of pyridine rings is 3. The quantitative estimate of drug-likeness (QED) is 0.344. The highest BCUT2D eigenvalue weighted by atomic mass is 32.2. The molecule has 6 rings (SSSR count). The van der Waals surface area contributed by atoms with Gasteiger partial charge >= 0.3 is 0 Å². The number of halogens is 1. The normalized spacial score (nSPS) is 17.1. The van der Waals surface area contributed by atoms with Gasteiger partial charge < -0.3 is 5.32 Å². The van der Waals surface area contributed by atoms with Crippen LogP contribution in [0.5, 0.6) is 0 Å². The van der Waals surface area contributed by atoms with Crippen LogP contribution in [0.1, 0.15) is 34.9 Å². The molecule has 196 valence electrons.